The molecule has 170 valence electrons. The first kappa shape index (κ1) is 23.3. The summed E-state index contributed by atoms with van der Waals surface area (Å²) >= 11 is 13.6. The molecule has 0 saturated heterocycles. The quantitative estimate of drug-likeness (QED) is 0.579. The third-order valence-corrected chi connectivity index (χ3v) is 7.07. The molecule has 1 aromatic carbocycles. The van der Waals surface area contributed by atoms with E-state index >= 15 is 0 Å². The predicted molar refractivity (Wildman–Crippen MR) is 131 cm³/mol. The average molecular weight is 502 g/mol. The lowest BCUT2D eigenvalue weighted by molar-refractivity contribution is -0.127. The highest BCUT2D eigenvalue weighted by molar-refractivity contribution is 8.17. The third-order valence-electron chi connectivity index (χ3n) is 5.55. The van der Waals surface area contributed by atoms with Crippen LogP contribution < -0.4 is 5.73 Å². The molecule has 0 saturated carbocycles. The van der Waals surface area contributed by atoms with Gasteiger partial charge in [-0.15, -0.1) is 0 Å². The fraction of sp³-hybridized carbons (Fsp3) is 0.261. The first-order valence-electron chi connectivity index (χ1n) is 10.3. The number of carbonyl (C=O) groups excluding carboxylic acids is 1. The van der Waals surface area contributed by atoms with Crippen molar-refractivity contribution in [1.29, 1.82) is 5.26 Å². The summed E-state index contributed by atoms with van der Waals surface area (Å²) in [7, 11) is 0. The molecule has 0 fully saturated rings. The normalized spacial score (nSPS) is 17.8. The molecular formula is C23H21Cl2N5O2S. The van der Waals surface area contributed by atoms with Crippen molar-refractivity contribution in [1.82, 2.24) is 9.80 Å². The van der Waals surface area contributed by atoms with E-state index in [1.165, 1.54) is 11.8 Å². The fourth-order valence-electron chi connectivity index (χ4n) is 3.90. The molecule has 0 aliphatic carbocycles. The molecule has 1 amide bonds. The van der Waals surface area contributed by atoms with E-state index < -0.39 is 6.04 Å². The van der Waals surface area contributed by atoms with Gasteiger partial charge in [-0.25, -0.2) is 4.99 Å². The number of nitrogens with two attached hydrogens (primary N) is 1. The van der Waals surface area contributed by atoms with Crippen molar-refractivity contribution >= 4 is 46.0 Å². The maximum absolute atomic E-state index is 13.5. The van der Waals surface area contributed by atoms with Gasteiger partial charge in [0.15, 0.2) is 5.17 Å². The number of nitriles is 1. The number of amidine groups is 1. The first-order chi connectivity index (χ1) is 15.8. The summed E-state index contributed by atoms with van der Waals surface area (Å²) in [5.74, 6) is 1.10. The largest absolute Gasteiger partial charge is 0.458 e. The maximum Gasteiger partial charge on any atom is 0.254 e. The van der Waals surface area contributed by atoms with E-state index in [9.17, 15) is 10.1 Å². The van der Waals surface area contributed by atoms with E-state index in [-0.39, 0.29) is 11.7 Å². The van der Waals surface area contributed by atoms with Gasteiger partial charge < -0.3 is 15.1 Å². The van der Waals surface area contributed by atoms with E-state index in [4.69, 9.17) is 33.4 Å². The van der Waals surface area contributed by atoms with Crippen LogP contribution in [0.1, 0.15) is 32.6 Å². The van der Waals surface area contributed by atoms with E-state index in [0.717, 1.165) is 0 Å². The van der Waals surface area contributed by atoms with Crippen molar-refractivity contribution in [3.63, 3.8) is 0 Å². The van der Waals surface area contributed by atoms with Gasteiger partial charge in [-0.05, 0) is 62.9 Å². The number of furan rings is 1. The minimum atomic E-state index is -0.677. The number of benzene rings is 1. The standard InChI is InChI=1S/C23H21Cl2N5O2S/c1-4-29(5-2)22(31)19-12(3)28-23-30(21(27)18(11-26)33-23)20(19)17-9-8-16(32-17)14-7-6-13(24)10-15(14)25/h6-10,20H,4-5,27H2,1-3H3/t20-/m0/s1. The number of halogens is 2. The Morgan fingerprint density at radius 3 is 2.67 bits per heavy atom. The van der Waals surface area contributed by atoms with Crippen LogP contribution in [0.4, 0.5) is 0 Å². The molecule has 33 heavy (non-hydrogen) atoms. The van der Waals surface area contributed by atoms with Crippen LogP contribution in [0, 0.1) is 11.3 Å². The van der Waals surface area contributed by atoms with Crippen LogP contribution in [-0.2, 0) is 4.79 Å². The predicted octanol–water partition coefficient (Wildman–Crippen LogP) is 5.51. The molecule has 2 N–H and O–H groups in total. The first-order valence-corrected chi connectivity index (χ1v) is 11.9. The zero-order chi connectivity index (χ0) is 23.9. The number of allylic oxidation sites excluding steroid dienone is 2. The Kier molecular flexibility index (Phi) is 6.48. The number of fused-ring (bicyclic) bond motifs is 1. The second kappa shape index (κ2) is 9.18. The van der Waals surface area contributed by atoms with E-state index in [0.29, 0.717) is 61.6 Å². The van der Waals surface area contributed by atoms with Crippen LogP contribution in [0.25, 0.3) is 11.3 Å². The second-order valence-corrected chi connectivity index (χ2v) is 9.22. The Hall–Kier alpha value is -2.86. The fourth-order valence-corrected chi connectivity index (χ4v) is 5.32. The number of aliphatic imine (C=N–C) groups is 1. The number of nitrogens with zero attached hydrogens (tertiary/aromatic N) is 4. The lowest BCUT2D eigenvalue weighted by Crippen LogP contribution is -2.42. The van der Waals surface area contributed by atoms with E-state index in [1.54, 1.807) is 47.1 Å². The Balaban J connectivity index is 1.86. The highest BCUT2D eigenvalue weighted by Gasteiger charge is 2.44. The van der Waals surface area contributed by atoms with Crippen LogP contribution in [0.3, 0.4) is 0 Å². The maximum atomic E-state index is 13.5. The Morgan fingerprint density at radius 1 is 1.30 bits per heavy atom. The zero-order valence-electron chi connectivity index (χ0n) is 18.2. The number of likely N-dealkylation sites (N-methyl/N-ethyl adjacent to an activating group) is 1. The van der Waals surface area contributed by atoms with Crippen LogP contribution in [0.5, 0.6) is 0 Å². The highest BCUT2D eigenvalue weighted by atomic mass is 35.5. The van der Waals surface area contributed by atoms with E-state index in [1.807, 2.05) is 13.8 Å². The smallest absolute Gasteiger partial charge is 0.254 e. The Morgan fingerprint density at radius 2 is 2.03 bits per heavy atom. The lowest BCUT2D eigenvalue weighted by atomic mass is 9.98. The molecule has 10 heteroatoms. The molecule has 2 aliphatic heterocycles. The van der Waals surface area contributed by atoms with Crippen LogP contribution in [0.2, 0.25) is 10.0 Å². The van der Waals surface area contributed by atoms with Gasteiger partial charge in [0.05, 0.1) is 16.3 Å². The molecule has 0 unspecified atom stereocenters. The molecule has 1 aromatic heterocycles. The van der Waals surface area contributed by atoms with Crippen molar-refractivity contribution in [2.45, 2.75) is 26.8 Å². The average Bonchev–Trinajstić information content (AvgIpc) is 3.38. The number of hydrogen-bond acceptors (Lipinski definition) is 7. The van der Waals surface area contributed by atoms with Gasteiger partial charge in [0.25, 0.3) is 5.91 Å². The molecule has 0 spiro atoms. The topological polar surface area (TPSA) is 98.9 Å². The zero-order valence-corrected chi connectivity index (χ0v) is 20.6. The monoisotopic (exact) mass is 501 g/mol. The number of amides is 1. The van der Waals surface area contributed by atoms with E-state index in [2.05, 4.69) is 11.1 Å². The minimum Gasteiger partial charge on any atom is -0.458 e. The van der Waals surface area contributed by atoms with Crippen LogP contribution in [0.15, 0.2) is 61.7 Å². The summed E-state index contributed by atoms with van der Waals surface area (Å²) in [6.45, 7) is 6.72. The summed E-state index contributed by atoms with van der Waals surface area (Å²) in [6.07, 6.45) is 0. The molecule has 0 radical (unpaired) electrons. The summed E-state index contributed by atoms with van der Waals surface area (Å²) < 4.78 is 6.23. The number of thioether (sulfide) groups is 1. The van der Waals surface area contributed by atoms with Crippen molar-refractivity contribution in [2.75, 3.05) is 13.1 Å². The minimum absolute atomic E-state index is 0.156. The SMILES string of the molecule is CCN(CC)C(=O)C1=C(C)N=C2SC(C#N)=C(N)N2[C@H]1c1ccc(-c2ccc(Cl)cc2Cl)o1. The van der Waals surface area contributed by atoms with Gasteiger partial charge >= 0.3 is 0 Å². The Bertz CT molecular complexity index is 1270. The second-order valence-electron chi connectivity index (χ2n) is 7.40. The van der Waals surface area contributed by atoms with Gasteiger partial charge in [-0.1, -0.05) is 23.2 Å². The lowest BCUT2D eigenvalue weighted by Gasteiger charge is -2.35. The summed E-state index contributed by atoms with van der Waals surface area (Å²) in [5.41, 5.74) is 8.02. The van der Waals surface area contributed by atoms with Gasteiger partial charge in [0, 0.05) is 23.7 Å². The summed E-state index contributed by atoms with van der Waals surface area (Å²) in [4.78, 5) is 21.9. The number of carbonyl (C=O) groups is 1. The number of rotatable bonds is 5. The summed E-state index contributed by atoms with van der Waals surface area (Å²) in [5, 5.41) is 11.0. The van der Waals surface area contributed by atoms with Crippen molar-refractivity contribution in [2.24, 2.45) is 10.7 Å². The molecule has 2 aliphatic rings. The van der Waals surface area contributed by atoms with Gasteiger partial charge in [-0.2, -0.15) is 5.26 Å². The molecule has 0 bridgehead atoms. The molecule has 1 atom stereocenters. The number of hydrogen-bond donors (Lipinski definition) is 1. The molecule has 4 rings (SSSR count). The van der Waals surface area contributed by atoms with Gasteiger partial charge in [-0.3, -0.25) is 9.69 Å². The molecule has 3 heterocycles. The van der Waals surface area contributed by atoms with Crippen molar-refractivity contribution < 1.29 is 9.21 Å². The summed E-state index contributed by atoms with van der Waals surface area (Å²) in [6, 6.07) is 10.2. The third kappa shape index (κ3) is 4.01. The Labute approximate surface area is 206 Å². The molecule has 2 aromatic rings. The van der Waals surface area contributed by atoms with Crippen LogP contribution >= 0.6 is 35.0 Å². The van der Waals surface area contributed by atoms with Gasteiger partial charge in [0.1, 0.15) is 34.4 Å². The molecular weight excluding hydrogens is 481 g/mol. The van der Waals surface area contributed by atoms with Crippen molar-refractivity contribution in [3.8, 4) is 17.4 Å². The van der Waals surface area contributed by atoms with Gasteiger partial charge in [0.2, 0.25) is 0 Å². The van der Waals surface area contributed by atoms with Crippen LogP contribution in [-0.4, -0.2) is 34.0 Å². The highest BCUT2D eigenvalue weighted by Crippen LogP contribution is 2.46. The van der Waals surface area contributed by atoms with Crippen molar-refractivity contribution in [3.05, 3.63) is 68.1 Å². The molecule has 7 nitrogen and oxygen atoms in total.